The number of hydrogen-bond donors (Lipinski definition) is 0. The van der Waals surface area contributed by atoms with Gasteiger partial charge < -0.3 is 18.9 Å². The lowest BCUT2D eigenvalue weighted by Gasteiger charge is -2.31. The SMILES string of the molecule is Cc1cnc(CC2CCC(Oc3cc(N4CCOCC4)cc4ncc(=O)n(C)c34)CC2)nc1. The highest BCUT2D eigenvalue weighted by Crippen LogP contribution is 2.34. The molecule has 8 heteroatoms. The standard InChI is InChI=1S/C25H31N5O3/c1-17-14-27-23(28-15-17)11-18-3-5-20(6-4-18)33-22-13-19(30-7-9-32-10-8-30)12-21-25(22)29(2)24(31)16-26-21/h12-16,18,20H,3-11H2,1-2H3. The Morgan fingerprint density at radius 1 is 1.03 bits per heavy atom. The van der Waals surface area contributed by atoms with Gasteiger partial charge in [0, 0.05) is 50.7 Å². The van der Waals surface area contributed by atoms with Crippen molar-refractivity contribution in [3.8, 4) is 5.75 Å². The van der Waals surface area contributed by atoms with Crippen LogP contribution >= 0.6 is 0 Å². The van der Waals surface area contributed by atoms with E-state index in [1.165, 1.54) is 6.20 Å². The van der Waals surface area contributed by atoms with E-state index in [-0.39, 0.29) is 11.7 Å². The molecule has 0 N–H and O–H groups in total. The predicted octanol–water partition coefficient (Wildman–Crippen LogP) is 3.05. The zero-order valence-corrected chi connectivity index (χ0v) is 19.4. The summed E-state index contributed by atoms with van der Waals surface area (Å²) in [5.74, 6) is 2.25. The van der Waals surface area contributed by atoms with Crippen molar-refractivity contribution >= 4 is 16.7 Å². The molecule has 0 bridgehead atoms. The number of aromatic nitrogens is 4. The third-order valence-electron chi connectivity index (χ3n) is 6.79. The minimum atomic E-state index is -0.131. The monoisotopic (exact) mass is 449 g/mol. The van der Waals surface area contributed by atoms with Crippen LogP contribution in [0, 0.1) is 12.8 Å². The summed E-state index contributed by atoms with van der Waals surface area (Å²) in [4.78, 5) is 28.0. The Hall–Kier alpha value is -3.00. The number of ether oxygens (including phenoxy) is 2. The summed E-state index contributed by atoms with van der Waals surface area (Å²) in [5, 5.41) is 0. The third-order valence-corrected chi connectivity index (χ3v) is 6.79. The quantitative estimate of drug-likeness (QED) is 0.592. The molecule has 1 aliphatic carbocycles. The predicted molar refractivity (Wildman–Crippen MR) is 127 cm³/mol. The molecule has 3 aromatic rings. The average Bonchev–Trinajstić information content (AvgIpc) is 2.84. The Kier molecular flexibility index (Phi) is 6.26. The summed E-state index contributed by atoms with van der Waals surface area (Å²) in [6.07, 6.45) is 10.3. The molecule has 174 valence electrons. The molecule has 5 rings (SSSR count). The first-order valence-electron chi connectivity index (χ1n) is 11.8. The van der Waals surface area contributed by atoms with E-state index in [0.717, 1.165) is 79.1 Å². The zero-order valence-electron chi connectivity index (χ0n) is 19.4. The average molecular weight is 450 g/mol. The maximum absolute atomic E-state index is 12.3. The van der Waals surface area contributed by atoms with Crippen LogP contribution in [0.25, 0.3) is 11.0 Å². The molecule has 2 fully saturated rings. The van der Waals surface area contributed by atoms with E-state index in [2.05, 4.69) is 25.9 Å². The highest BCUT2D eigenvalue weighted by molar-refractivity contribution is 5.85. The van der Waals surface area contributed by atoms with Crippen molar-refractivity contribution in [2.45, 2.75) is 45.1 Å². The van der Waals surface area contributed by atoms with Crippen LogP contribution in [0.15, 0.2) is 35.5 Å². The zero-order chi connectivity index (χ0) is 22.8. The van der Waals surface area contributed by atoms with Crippen molar-refractivity contribution < 1.29 is 9.47 Å². The summed E-state index contributed by atoms with van der Waals surface area (Å²) in [6, 6.07) is 4.12. The fraction of sp³-hybridized carbons (Fsp3) is 0.520. The summed E-state index contributed by atoms with van der Waals surface area (Å²) in [7, 11) is 1.78. The van der Waals surface area contributed by atoms with Gasteiger partial charge in [0.1, 0.15) is 17.1 Å². The molecular weight excluding hydrogens is 418 g/mol. The Bertz CT molecular complexity index is 1160. The number of fused-ring (bicyclic) bond motifs is 1. The van der Waals surface area contributed by atoms with E-state index >= 15 is 0 Å². The minimum Gasteiger partial charge on any atom is -0.488 e. The van der Waals surface area contributed by atoms with Crippen molar-refractivity contribution in [3.63, 3.8) is 0 Å². The number of anilines is 1. The second-order valence-corrected chi connectivity index (χ2v) is 9.21. The lowest BCUT2D eigenvalue weighted by molar-refractivity contribution is 0.122. The van der Waals surface area contributed by atoms with Crippen molar-refractivity contribution in [2.24, 2.45) is 13.0 Å². The van der Waals surface area contributed by atoms with Gasteiger partial charge in [-0.1, -0.05) is 0 Å². The number of rotatable bonds is 5. The smallest absolute Gasteiger partial charge is 0.269 e. The van der Waals surface area contributed by atoms with Gasteiger partial charge in [-0.2, -0.15) is 0 Å². The molecule has 2 aromatic heterocycles. The van der Waals surface area contributed by atoms with E-state index in [4.69, 9.17) is 9.47 Å². The van der Waals surface area contributed by atoms with Crippen LogP contribution in [0.2, 0.25) is 0 Å². The fourth-order valence-corrected chi connectivity index (χ4v) is 4.85. The minimum absolute atomic E-state index is 0.124. The summed E-state index contributed by atoms with van der Waals surface area (Å²) < 4.78 is 13.7. The van der Waals surface area contributed by atoms with Gasteiger partial charge in [-0.3, -0.25) is 4.79 Å². The van der Waals surface area contributed by atoms with Gasteiger partial charge in [0.2, 0.25) is 0 Å². The molecule has 8 nitrogen and oxygen atoms in total. The Balaban J connectivity index is 1.34. The van der Waals surface area contributed by atoms with Gasteiger partial charge in [-0.25, -0.2) is 15.0 Å². The van der Waals surface area contributed by atoms with E-state index in [0.29, 0.717) is 19.1 Å². The molecule has 0 radical (unpaired) electrons. The first-order valence-corrected chi connectivity index (χ1v) is 11.8. The van der Waals surface area contributed by atoms with Crippen LogP contribution in [-0.4, -0.2) is 51.9 Å². The highest BCUT2D eigenvalue weighted by Gasteiger charge is 2.25. The Morgan fingerprint density at radius 2 is 1.76 bits per heavy atom. The second kappa shape index (κ2) is 9.47. The van der Waals surface area contributed by atoms with Crippen molar-refractivity contribution in [2.75, 3.05) is 31.2 Å². The molecule has 0 unspecified atom stereocenters. The van der Waals surface area contributed by atoms with Crippen LogP contribution in [0.4, 0.5) is 5.69 Å². The molecule has 1 saturated carbocycles. The fourth-order valence-electron chi connectivity index (χ4n) is 4.85. The van der Waals surface area contributed by atoms with E-state index in [1.807, 2.05) is 25.4 Å². The van der Waals surface area contributed by atoms with Gasteiger partial charge in [0.05, 0.1) is 31.0 Å². The van der Waals surface area contributed by atoms with Crippen molar-refractivity contribution in [1.82, 2.24) is 19.5 Å². The topological polar surface area (TPSA) is 82.4 Å². The summed E-state index contributed by atoms with van der Waals surface area (Å²) in [5.41, 5.74) is 3.56. The molecule has 2 aliphatic rings. The van der Waals surface area contributed by atoms with Crippen LogP contribution in [0.5, 0.6) is 5.75 Å². The lowest BCUT2D eigenvalue weighted by Crippen LogP contribution is -2.36. The van der Waals surface area contributed by atoms with E-state index < -0.39 is 0 Å². The molecular formula is C25H31N5O3. The van der Waals surface area contributed by atoms with E-state index in [9.17, 15) is 4.79 Å². The maximum Gasteiger partial charge on any atom is 0.269 e. The maximum atomic E-state index is 12.3. The lowest BCUT2D eigenvalue weighted by atomic mass is 9.85. The van der Waals surface area contributed by atoms with Gasteiger partial charge >= 0.3 is 0 Å². The Morgan fingerprint density at radius 3 is 2.48 bits per heavy atom. The summed E-state index contributed by atoms with van der Waals surface area (Å²) >= 11 is 0. The normalized spacial score (nSPS) is 21.3. The number of morpholine rings is 1. The second-order valence-electron chi connectivity index (χ2n) is 9.21. The molecule has 0 atom stereocenters. The van der Waals surface area contributed by atoms with Crippen molar-refractivity contribution in [3.05, 3.63) is 52.5 Å². The van der Waals surface area contributed by atoms with Gasteiger partial charge in [0.15, 0.2) is 0 Å². The number of nitrogens with zero attached hydrogens (tertiary/aromatic N) is 5. The number of aryl methyl sites for hydroxylation is 2. The van der Waals surface area contributed by atoms with Crippen LogP contribution < -0.4 is 15.2 Å². The van der Waals surface area contributed by atoms with Gasteiger partial charge in [-0.15, -0.1) is 0 Å². The molecule has 3 heterocycles. The van der Waals surface area contributed by atoms with Crippen LogP contribution in [0.1, 0.15) is 37.1 Å². The van der Waals surface area contributed by atoms with Gasteiger partial charge in [0.25, 0.3) is 5.56 Å². The molecule has 1 aliphatic heterocycles. The van der Waals surface area contributed by atoms with Crippen molar-refractivity contribution in [1.29, 1.82) is 0 Å². The molecule has 0 spiro atoms. The first-order chi connectivity index (χ1) is 16.1. The largest absolute Gasteiger partial charge is 0.488 e. The van der Waals surface area contributed by atoms with E-state index in [1.54, 1.807) is 11.6 Å². The molecule has 33 heavy (non-hydrogen) atoms. The third kappa shape index (κ3) is 4.85. The first kappa shape index (κ1) is 21.8. The summed E-state index contributed by atoms with van der Waals surface area (Å²) in [6.45, 7) is 5.11. The molecule has 1 saturated heterocycles. The van der Waals surface area contributed by atoms with Crippen LogP contribution in [0.3, 0.4) is 0 Å². The number of benzene rings is 1. The molecule has 1 aromatic carbocycles. The van der Waals surface area contributed by atoms with Gasteiger partial charge in [-0.05, 0) is 50.2 Å². The Labute approximate surface area is 193 Å². The number of hydrogen-bond acceptors (Lipinski definition) is 7. The molecule has 0 amide bonds. The highest BCUT2D eigenvalue weighted by atomic mass is 16.5. The van der Waals surface area contributed by atoms with Crippen LogP contribution in [-0.2, 0) is 18.2 Å².